The Bertz CT molecular complexity index is 707. The van der Waals surface area contributed by atoms with Crippen molar-refractivity contribution in [3.8, 4) is 0 Å². The van der Waals surface area contributed by atoms with E-state index in [1.165, 1.54) is 11.8 Å². The number of aliphatic carboxylic acids is 1. The van der Waals surface area contributed by atoms with Crippen LogP contribution >= 0.6 is 11.8 Å². The number of rotatable bonds is 17. The summed E-state index contributed by atoms with van der Waals surface area (Å²) in [6, 6.07) is -4.12. The van der Waals surface area contributed by atoms with E-state index in [0.29, 0.717) is 18.6 Å². The number of nitrogens with one attached hydrogen (secondary N) is 3. The molecule has 4 amide bonds. The number of primary amides is 1. The Labute approximate surface area is 205 Å². The lowest BCUT2D eigenvalue weighted by Gasteiger charge is -2.28. The molecule has 0 saturated heterocycles. The Balaban J connectivity index is 5.62. The molecule has 0 spiro atoms. The van der Waals surface area contributed by atoms with Gasteiger partial charge in [-0.25, -0.2) is 4.79 Å². The first-order chi connectivity index (χ1) is 15.9. The maximum Gasteiger partial charge on any atom is 0.326 e. The van der Waals surface area contributed by atoms with Gasteiger partial charge in [-0.2, -0.15) is 11.8 Å². The number of hydrogen-bond donors (Lipinski definition) is 6. The Morgan fingerprint density at radius 2 is 1.41 bits per heavy atom. The number of amides is 4. The predicted molar refractivity (Wildman–Crippen MR) is 132 cm³/mol. The lowest BCUT2D eigenvalue weighted by Crippen LogP contribution is -2.59. The molecule has 0 aromatic rings. The number of hydrogen-bond acceptors (Lipinski definition) is 7. The Morgan fingerprint density at radius 1 is 0.853 bits per heavy atom. The minimum Gasteiger partial charge on any atom is -0.480 e. The van der Waals surface area contributed by atoms with E-state index in [2.05, 4.69) is 16.0 Å². The van der Waals surface area contributed by atoms with Crippen molar-refractivity contribution in [1.82, 2.24) is 16.0 Å². The van der Waals surface area contributed by atoms with Gasteiger partial charge < -0.3 is 32.5 Å². The van der Waals surface area contributed by atoms with Crippen LogP contribution in [0.15, 0.2) is 0 Å². The van der Waals surface area contributed by atoms with Crippen molar-refractivity contribution in [3.05, 3.63) is 0 Å². The third kappa shape index (κ3) is 11.2. The molecule has 0 aliphatic carbocycles. The van der Waals surface area contributed by atoms with Crippen LogP contribution in [0.3, 0.4) is 0 Å². The molecule has 0 aromatic carbocycles. The van der Waals surface area contributed by atoms with Gasteiger partial charge >= 0.3 is 5.97 Å². The molecule has 11 nitrogen and oxygen atoms in total. The molecule has 0 fully saturated rings. The Hall–Kier alpha value is -2.34. The smallest absolute Gasteiger partial charge is 0.326 e. The van der Waals surface area contributed by atoms with E-state index in [1.54, 1.807) is 6.92 Å². The van der Waals surface area contributed by atoms with Crippen LogP contribution < -0.4 is 27.4 Å². The van der Waals surface area contributed by atoms with Gasteiger partial charge in [0.1, 0.15) is 18.1 Å². The summed E-state index contributed by atoms with van der Waals surface area (Å²) < 4.78 is 0. The molecule has 0 bridgehead atoms. The first kappa shape index (κ1) is 31.7. The second kappa shape index (κ2) is 16.3. The highest BCUT2D eigenvalue weighted by Gasteiger charge is 2.33. The summed E-state index contributed by atoms with van der Waals surface area (Å²) in [7, 11) is 0. The van der Waals surface area contributed by atoms with Crippen LogP contribution in [0.2, 0.25) is 0 Å². The van der Waals surface area contributed by atoms with Crippen LogP contribution in [0.4, 0.5) is 0 Å². The van der Waals surface area contributed by atoms with Crippen LogP contribution in [-0.2, 0) is 24.0 Å². The molecular formula is C22H41N5O6S. The number of thioether (sulfide) groups is 1. The van der Waals surface area contributed by atoms with Crippen molar-refractivity contribution >= 4 is 41.4 Å². The van der Waals surface area contributed by atoms with E-state index in [4.69, 9.17) is 11.5 Å². The molecule has 0 aliphatic rings. The largest absolute Gasteiger partial charge is 0.480 e. The van der Waals surface area contributed by atoms with Gasteiger partial charge in [-0.3, -0.25) is 19.2 Å². The van der Waals surface area contributed by atoms with Crippen LogP contribution in [0.1, 0.15) is 59.8 Å². The quantitative estimate of drug-likeness (QED) is 0.159. The van der Waals surface area contributed by atoms with Crippen LogP contribution in [0.5, 0.6) is 0 Å². The van der Waals surface area contributed by atoms with Gasteiger partial charge in [0.25, 0.3) is 0 Å². The highest BCUT2D eigenvalue weighted by molar-refractivity contribution is 7.98. The van der Waals surface area contributed by atoms with Gasteiger partial charge in [-0.1, -0.05) is 40.5 Å². The summed E-state index contributed by atoms with van der Waals surface area (Å²) in [5.74, 6) is -3.58. The predicted octanol–water partition coefficient (Wildman–Crippen LogP) is -0.0365. The van der Waals surface area contributed by atoms with Crippen molar-refractivity contribution in [2.75, 3.05) is 12.0 Å². The topological polar surface area (TPSA) is 194 Å². The average Bonchev–Trinajstić information content (AvgIpc) is 2.80. The molecule has 0 aliphatic heterocycles. The van der Waals surface area contributed by atoms with E-state index in [9.17, 15) is 29.1 Å². The van der Waals surface area contributed by atoms with Crippen LogP contribution in [0, 0.1) is 11.8 Å². The van der Waals surface area contributed by atoms with E-state index in [0.717, 1.165) is 0 Å². The minimum absolute atomic E-state index is 0.0935. The van der Waals surface area contributed by atoms with Gasteiger partial charge in [0.15, 0.2) is 0 Å². The van der Waals surface area contributed by atoms with E-state index >= 15 is 0 Å². The fraction of sp³-hybridized carbons (Fsp3) is 0.773. The monoisotopic (exact) mass is 503 g/mol. The van der Waals surface area contributed by atoms with Gasteiger partial charge in [0.05, 0.1) is 6.04 Å². The summed E-state index contributed by atoms with van der Waals surface area (Å²) >= 11 is 1.43. The fourth-order valence-corrected chi connectivity index (χ4v) is 3.52. The van der Waals surface area contributed by atoms with Crippen molar-refractivity contribution in [3.63, 3.8) is 0 Å². The summed E-state index contributed by atoms with van der Waals surface area (Å²) in [5, 5.41) is 17.1. The highest BCUT2D eigenvalue weighted by atomic mass is 32.2. The molecule has 6 atom stereocenters. The second-order valence-electron chi connectivity index (χ2n) is 8.53. The molecule has 34 heavy (non-hydrogen) atoms. The fourth-order valence-electron chi connectivity index (χ4n) is 3.05. The number of carbonyl (C=O) groups excluding carboxylic acids is 4. The van der Waals surface area contributed by atoms with Crippen LogP contribution in [-0.4, -0.2) is 70.9 Å². The molecule has 12 heteroatoms. The molecule has 6 unspecified atom stereocenters. The molecule has 0 aromatic heterocycles. The number of carboxylic acid groups (broad SMARTS) is 1. The zero-order chi connectivity index (χ0) is 26.4. The first-order valence-corrected chi connectivity index (χ1v) is 12.9. The Kier molecular flexibility index (Phi) is 15.2. The minimum atomic E-state index is -1.21. The maximum atomic E-state index is 13.1. The SMILES string of the molecule is CCC(C)C(N)C(=O)NC(C(=O)NC(CCC(N)=O)C(=O)NC(CCSC)C(=O)O)C(C)CC. The number of nitrogens with two attached hydrogens (primary N) is 2. The maximum absolute atomic E-state index is 13.1. The van der Waals surface area contributed by atoms with E-state index in [-0.39, 0.29) is 31.1 Å². The summed E-state index contributed by atoms with van der Waals surface area (Å²) in [6.07, 6.45) is 2.94. The van der Waals surface area contributed by atoms with Crippen molar-refractivity contribution < 1.29 is 29.1 Å². The highest BCUT2D eigenvalue weighted by Crippen LogP contribution is 2.12. The van der Waals surface area contributed by atoms with Crippen molar-refractivity contribution in [2.45, 2.75) is 84.0 Å². The molecule has 0 saturated carbocycles. The zero-order valence-electron chi connectivity index (χ0n) is 20.8. The lowest BCUT2D eigenvalue weighted by atomic mass is 9.95. The normalized spacial score (nSPS) is 16.3. The van der Waals surface area contributed by atoms with Crippen molar-refractivity contribution in [1.29, 1.82) is 0 Å². The molecular weight excluding hydrogens is 462 g/mol. The van der Waals surface area contributed by atoms with Crippen LogP contribution in [0.25, 0.3) is 0 Å². The Morgan fingerprint density at radius 3 is 1.88 bits per heavy atom. The molecule has 8 N–H and O–H groups in total. The van der Waals surface area contributed by atoms with E-state index in [1.807, 2.05) is 27.0 Å². The molecule has 0 radical (unpaired) electrons. The van der Waals surface area contributed by atoms with Gasteiger partial charge in [0.2, 0.25) is 23.6 Å². The van der Waals surface area contributed by atoms with Gasteiger partial charge in [-0.05, 0) is 36.7 Å². The number of carboxylic acids is 1. The molecule has 196 valence electrons. The lowest BCUT2D eigenvalue weighted by molar-refractivity contribution is -0.142. The summed E-state index contributed by atoms with van der Waals surface area (Å²) in [4.78, 5) is 61.4. The third-order valence-electron chi connectivity index (χ3n) is 5.89. The summed E-state index contributed by atoms with van der Waals surface area (Å²) in [5.41, 5.74) is 11.2. The number of carbonyl (C=O) groups is 5. The standard InChI is InChI=1S/C22H41N5O6S/c1-6-12(3)17(24)20(30)27-18(13(4)7-2)21(31)25-14(8-9-16(23)28)19(29)26-15(22(32)33)10-11-34-5/h12-15,17-18H,6-11,24H2,1-5H3,(H2,23,28)(H,25,31)(H,26,29)(H,27,30)(H,32,33). The average molecular weight is 504 g/mol. The zero-order valence-corrected chi connectivity index (χ0v) is 21.6. The van der Waals surface area contributed by atoms with Gasteiger partial charge in [-0.15, -0.1) is 0 Å². The summed E-state index contributed by atoms with van der Waals surface area (Å²) in [6.45, 7) is 7.37. The second-order valence-corrected chi connectivity index (χ2v) is 9.52. The molecule has 0 rings (SSSR count). The third-order valence-corrected chi connectivity index (χ3v) is 6.53. The van der Waals surface area contributed by atoms with Gasteiger partial charge in [0, 0.05) is 6.42 Å². The molecule has 0 heterocycles. The van der Waals surface area contributed by atoms with Crippen molar-refractivity contribution in [2.24, 2.45) is 23.3 Å². The first-order valence-electron chi connectivity index (χ1n) is 11.6. The van der Waals surface area contributed by atoms with E-state index < -0.39 is 53.8 Å².